The number of aliphatic imine (C=N–C) groups is 1. The van der Waals surface area contributed by atoms with Crippen LogP contribution in [0.4, 0.5) is 14.5 Å². The van der Waals surface area contributed by atoms with Crippen molar-refractivity contribution in [2.24, 2.45) is 4.99 Å². The number of hydrogen-bond acceptors (Lipinski definition) is 2. The highest BCUT2D eigenvalue weighted by Crippen LogP contribution is 2.22. The Balaban J connectivity index is 2.23. The summed E-state index contributed by atoms with van der Waals surface area (Å²) in [7, 11) is 0. The summed E-state index contributed by atoms with van der Waals surface area (Å²) in [5.41, 5.74) is 0.355. The number of halogens is 2. The van der Waals surface area contributed by atoms with Gasteiger partial charge in [-0.25, -0.2) is 8.78 Å². The van der Waals surface area contributed by atoms with Crippen LogP contribution >= 0.6 is 0 Å². The molecule has 1 aromatic rings. The van der Waals surface area contributed by atoms with Crippen LogP contribution in [0.5, 0.6) is 0 Å². The molecular formula is C13H16F2N2. The fourth-order valence-corrected chi connectivity index (χ4v) is 1.89. The zero-order valence-electron chi connectivity index (χ0n) is 9.89. The minimum Gasteiger partial charge on any atom is -0.339 e. The molecule has 2 rings (SSSR count). The molecule has 92 valence electrons. The molecule has 1 aromatic carbocycles. The van der Waals surface area contributed by atoms with Crippen molar-refractivity contribution in [1.82, 2.24) is 0 Å². The molecule has 1 N–H and O–H groups in total. The molecule has 0 saturated heterocycles. The highest BCUT2D eigenvalue weighted by atomic mass is 19.1. The van der Waals surface area contributed by atoms with E-state index in [0.717, 1.165) is 32.2 Å². The van der Waals surface area contributed by atoms with Crippen molar-refractivity contribution < 1.29 is 8.78 Å². The molecule has 0 saturated carbocycles. The van der Waals surface area contributed by atoms with Gasteiger partial charge < -0.3 is 5.32 Å². The summed E-state index contributed by atoms with van der Waals surface area (Å²) < 4.78 is 27.3. The lowest BCUT2D eigenvalue weighted by molar-refractivity contribution is 0.585. The SMILES string of the molecule is Cc1ccc(F)c(NC2=NCCCCC2)c1F. The molecular weight excluding hydrogens is 222 g/mol. The normalized spacial score (nSPS) is 16.3. The van der Waals surface area contributed by atoms with Crippen molar-refractivity contribution in [2.45, 2.75) is 32.6 Å². The molecule has 0 spiro atoms. The average molecular weight is 238 g/mol. The first-order valence-electron chi connectivity index (χ1n) is 5.93. The molecule has 0 aliphatic carbocycles. The van der Waals surface area contributed by atoms with E-state index >= 15 is 0 Å². The van der Waals surface area contributed by atoms with E-state index < -0.39 is 11.6 Å². The molecule has 0 aromatic heterocycles. The van der Waals surface area contributed by atoms with E-state index in [9.17, 15) is 8.78 Å². The fourth-order valence-electron chi connectivity index (χ4n) is 1.89. The van der Waals surface area contributed by atoms with E-state index in [4.69, 9.17) is 0 Å². The Bertz CT molecular complexity index is 441. The number of rotatable bonds is 1. The van der Waals surface area contributed by atoms with Crippen LogP contribution in [0.1, 0.15) is 31.2 Å². The Morgan fingerprint density at radius 2 is 2.00 bits per heavy atom. The summed E-state index contributed by atoms with van der Waals surface area (Å²) in [4.78, 5) is 4.30. The molecule has 17 heavy (non-hydrogen) atoms. The van der Waals surface area contributed by atoms with E-state index in [1.807, 2.05) is 0 Å². The van der Waals surface area contributed by atoms with E-state index in [0.29, 0.717) is 11.4 Å². The van der Waals surface area contributed by atoms with Crippen LogP contribution in [0.3, 0.4) is 0 Å². The zero-order chi connectivity index (χ0) is 12.3. The van der Waals surface area contributed by atoms with Crippen molar-refractivity contribution >= 4 is 11.5 Å². The quantitative estimate of drug-likeness (QED) is 0.793. The van der Waals surface area contributed by atoms with E-state index in [2.05, 4.69) is 10.3 Å². The van der Waals surface area contributed by atoms with Crippen LogP contribution in [-0.4, -0.2) is 12.4 Å². The van der Waals surface area contributed by atoms with Crippen molar-refractivity contribution in [3.05, 3.63) is 29.3 Å². The van der Waals surface area contributed by atoms with Gasteiger partial charge in [-0.1, -0.05) is 12.5 Å². The second-order valence-corrected chi connectivity index (χ2v) is 4.32. The number of amidine groups is 1. The maximum absolute atomic E-state index is 13.8. The number of benzene rings is 1. The molecule has 4 heteroatoms. The monoisotopic (exact) mass is 238 g/mol. The van der Waals surface area contributed by atoms with Crippen molar-refractivity contribution in [3.63, 3.8) is 0 Å². The van der Waals surface area contributed by atoms with Crippen LogP contribution < -0.4 is 5.32 Å². The predicted molar refractivity (Wildman–Crippen MR) is 65.5 cm³/mol. The third kappa shape index (κ3) is 2.81. The van der Waals surface area contributed by atoms with E-state index in [-0.39, 0.29) is 5.69 Å². The predicted octanol–water partition coefficient (Wildman–Crippen LogP) is 3.66. The summed E-state index contributed by atoms with van der Waals surface area (Å²) in [5, 5.41) is 2.80. The molecule has 0 bridgehead atoms. The molecule has 0 atom stereocenters. The highest BCUT2D eigenvalue weighted by molar-refractivity contribution is 5.95. The molecule has 1 aliphatic rings. The van der Waals surface area contributed by atoms with Crippen LogP contribution in [0.2, 0.25) is 0 Å². The van der Waals surface area contributed by atoms with Crippen LogP contribution in [-0.2, 0) is 0 Å². The topological polar surface area (TPSA) is 24.4 Å². The van der Waals surface area contributed by atoms with Gasteiger partial charge in [0.15, 0.2) is 5.82 Å². The minimum atomic E-state index is -0.569. The summed E-state index contributed by atoms with van der Waals surface area (Å²) in [6.45, 7) is 2.35. The zero-order valence-corrected chi connectivity index (χ0v) is 9.89. The van der Waals surface area contributed by atoms with Gasteiger partial charge in [0.25, 0.3) is 0 Å². The Kier molecular flexibility index (Phi) is 3.71. The maximum Gasteiger partial charge on any atom is 0.152 e. The molecule has 2 nitrogen and oxygen atoms in total. The number of aryl methyl sites for hydroxylation is 1. The molecule has 0 radical (unpaired) electrons. The molecule has 0 fully saturated rings. The Morgan fingerprint density at radius 3 is 2.82 bits per heavy atom. The van der Waals surface area contributed by atoms with Crippen molar-refractivity contribution in [1.29, 1.82) is 0 Å². The summed E-state index contributed by atoms with van der Waals surface area (Å²) in [5.74, 6) is -0.414. The number of nitrogens with one attached hydrogen (secondary N) is 1. The Morgan fingerprint density at radius 1 is 1.18 bits per heavy atom. The molecule has 0 unspecified atom stereocenters. The van der Waals surface area contributed by atoms with Gasteiger partial charge in [0.05, 0.1) is 0 Å². The first-order chi connectivity index (χ1) is 8.18. The van der Waals surface area contributed by atoms with Crippen molar-refractivity contribution in [2.75, 3.05) is 11.9 Å². The fraction of sp³-hybridized carbons (Fsp3) is 0.462. The first kappa shape index (κ1) is 12.0. The van der Waals surface area contributed by atoms with Gasteiger partial charge in [-0.05, 0) is 31.4 Å². The van der Waals surface area contributed by atoms with Gasteiger partial charge in [0, 0.05) is 13.0 Å². The van der Waals surface area contributed by atoms with Gasteiger partial charge in [-0.3, -0.25) is 4.99 Å². The van der Waals surface area contributed by atoms with Crippen LogP contribution in [0.25, 0.3) is 0 Å². The molecule has 1 aliphatic heterocycles. The smallest absolute Gasteiger partial charge is 0.152 e. The third-order valence-electron chi connectivity index (χ3n) is 2.93. The lowest BCUT2D eigenvalue weighted by Gasteiger charge is -2.11. The largest absolute Gasteiger partial charge is 0.339 e. The number of nitrogens with zero attached hydrogens (tertiary/aromatic N) is 1. The van der Waals surface area contributed by atoms with Gasteiger partial charge in [0.1, 0.15) is 17.3 Å². The average Bonchev–Trinajstić information content (AvgIpc) is 2.58. The van der Waals surface area contributed by atoms with E-state index in [1.54, 1.807) is 6.92 Å². The Hall–Kier alpha value is -1.45. The lowest BCUT2D eigenvalue weighted by atomic mass is 10.1. The Labute approximate surface area is 99.8 Å². The standard InChI is InChI=1S/C13H16F2N2/c1-9-6-7-10(14)13(12(9)15)17-11-5-3-2-4-8-16-11/h6-7H,2-5,8H2,1H3,(H,16,17). The number of hydrogen-bond donors (Lipinski definition) is 1. The third-order valence-corrected chi connectivity index (χ3v) is 2.93. The maximum atomic E-state index is 13.8. The van der Waals surface area contributed by atoms with Gasteiger partial charge >= 0.3 is 0 Å². The van der Waals surface area contributed by atoms with E-state index in [1.165, 1.54) is 12.1 Å². The van der Waals surface area contributed by atoms with Gasteiger partial charge in [-0.15, -0.1) is 0 Å². The lowest BCUT2D eigenvalue weighted by Crippen LogP contribution is -2.14. The van der Waals surface area contributed by atoms with Crippen LogP contribution in [0, 0.1) is 18.6 Å². The van der Waals surface area contributed by atoms with Crippen LogP contribution in [0.15, 0.2) is 17.1 Å². The summed E-state index contributed by atoms with van der Waals surface area (Å²) in [6.07, 6.45) is 3.94. The summed E-state index contributed by atoms with van der Waals surface area (Å²) >= 11 is 0. The molecule has 1 heterocycles. The number of anilines is 1. The van der Waals surface area contributed by atoms with Crippen molar-refractivity contribution in [3.8, 4) is 0 Å². The van der Waals surface area contributed by atoms with Gasteiger partial charge in [0.2, 0.25) is 0 Å². The summed E-state index contributed by atoms with van der Waals surface area (Å²) in [6, 6.07) is 2.71. The molecule has 0 amide bonds. The van der Waals surface area contributed by atoms with Gasteiger partial charge in [-0.2, -0.15) is 0 Å². The first-order valence-corrected chi connectivity index (χ1v) is 5.93. The second-order valence-electron chi connectivity index (χ2n) is 4.32. The highest BCUT2D eigenvalue weighted by Gasteiger charge is 2.13. The minimum absolute atomic E-state index is 0.0781. The second kappa shape index (κ2) is 5.25.